The number of rotatable bonds is 1. The Morgan fingerprint density at radius 2 is 1.65 bits per heavy atom. The van der Waals surface area contributed by atoms with Crippen molar-refractivity contribution in [3.8, 4) is 0 Å². The van der Waals surface area contributed by atoms with Crippen LogP contribution in [0.1, 0.15) is 0 Å². The Labute approximate surface area is 102 Å². The monoisotopic (exact) mass is 264 g/mol. The zero-order valence-corrected chi connectivity index (χ0v) is 10.3. The Kier molecular flexibility index (Phi) is 2.22. The van der Waals surface area contributed by atoms with Crippen molar-refractivity contribution < 1.29 is 13.0 Å². The topological polar surface area (TPSA) is 54.4 Å². The zero-order chi connectivity index (χ0) is 12.0. The van der Waals surface area contributed by atoms with Gasteiger partial charge < -0.3 is 0 Å². The van der Waals surface area contributed by atoms with Crippen LogP contribution in [0.5, 0.6) is 0 Å². The van der Waals surface area contributed by atoms with Crippen LogP contribution < -0.4 is 0 Å². The first-order chi connectivity index (χ1) is 8.05. The van der Waals surface area contributed by atoms with Gasteiger partial charge in [0.2, 0.25) is 0 Å². The Bertz CT molecular complexity index is 816. The summed E-state index contributed by atoms with van der Waals surface area (Å²) in [6.07, 6.45) is 0. The fourth-order valence-electron chi connectivity index (χ4n) is 1.91. The molecule has 0 atom stereocenters. The van der Waals surface area contributed by atoms with Gasteiger partial charge in [0.05, 0.1) is 0 Å². The van der Waals surface area contributed by atoms with Gasteiger partial charge in [0.25, 0.3) is 0 Å². The summed E-state index contributed by atoms with van der Waals surface area (Å²) in [6.45, 7) is 0. The van der Waals surface area contributed by atoms with Crippen molar-refractivity contribution in [1.82, 2.24) is 0 Å². The number of hydrogen-bond acceptors (Lipinski definition) is 3. The average molecular weight is 264 g/mol. The van der Waals surface area contributed by atoms with E-state index >= 15 is 0 Å². The highest BCUT2D eigenvalue weighted by atomic mass is 32.3. The van der Waals surface area contributed by atoms with E-state index in [0.29, 0.717) is 5.39 Å². The SMILES string of the molecule is O=S(=O)(O)c1scc2cc3ccccc3cc12. The van der Waals surface area contributed by atoms with Gasteiger partial charge in [-0.2, -0.15) is 8.42 Å². The van der Waals surface area contributed by atoms with E-state index in [2.05, 4.69) is 0 Å². The number of hydrogen-bond donors (Lipinski definition) is 1. The highest BCUT2D eigenvalue weighted by molar-refractivity contribution is 7.88. The Morgan fingerprint density at radius 3 is 2.29 bits per heavy atom. The van der Waals surface area contributed by atoms with Gasteiger partial charge in [-0.25, -0.2) is 0 Å². The lowest BCUT2D eigenvalue weighted by atomic mass is 10.1. The largest absolute Gasteiger partial charge is 0.304 e. The third kappa shape index (κ3) is 1.72. The molecule has 0 aliphatic rings. The van der Waals surface area contributed by atoms with Gasteiger partial charge in [0, 0.05) is 10.8 Å². The van der Waals surface area contributed by atoms with Gasteiger partial charge in [0.15, 0.2) is 4.21 Å². The molecule has 1 heterocycles. The summed E-state index contributed by atoms with van der Waals surface area (Å²) in [5.74, 6) is 0. The molecule has 1 N–H and O–H groups in total. The van der Waals surface area contributed by atoms with Crippen LogP contribution in [-0.2, 0) is 10.1 Å². The van der Waals surface area contributed by atoms with Crippen molar-refractivity contribution in [2.24, 2.45) is 0 Å². The molecular weight excluding hydrogens is 256 g/mol. The Balaban J connectivity index is 2.48. The second kappa shape index (κ2) is 3.53. The maximum Gasteiger partial charge on any atom is 0.304 e. The molecule has 5 heteroatoms. The second-order valence-electron chi connectivity index (χ2n) is 3.78. The van der Waals surface area contributed by atoms with Crippen molar-refractivity contribution in [3.05, 3.63) is 41.8 Å². The average Bonchev–Trinajstić information content (AvgIpc) is 2.68. The zero-order valence-electron chi connectivity index (χ0n) is 8.62. The van der Waals surface area contributed by atoms with Crippen LogP contribution in [0, 0.1) is 0 Å². The van der Waals surface area contributed by atoms with Crippen molar-refractivity contribution in [3.63, 3.8) is 0 Å². The molecular formula is C12H8O3S2. The minimum atomic E-state index is -4.14. The van der Waals surface area contributed by atoms with E-state index in [1.807, 2.05) is 30.3 Å². The summed E-state index contributed by atoms with van der Waals surface area (Å²) in [6, 6.07) is 11.4. The smallest absolute Gasteiger partial charge is 0.281 e. The highest BCUT2D eigenvalue weighted by Gasteiger charge is 2.16. The lowest BCUT2D eigenvalue weighted by Crippen LogP contribution is -1.94. The first-order valence-corrected chi connectivity index (χ1v) is 7.25. The molecule has 0 bridgehead atoms. The molecule has 86 valence electrons. The van der Waals surface area contributed by atoms with Crippen LogP contribution in [-0.4, -0.2) is 13.0 Å². The van der Waals surface area contributed by atoms with Crippen LogP contribution in [0.2, 0.25) is 0 Å². The standard InChI is InChI=1S/C12H8O3S2/c13-17(14,15)12-11-6-9-4-2-1-3-8(9)5-10(11)7-16-12/h1-7H,(H,13,14,15). The van der Waals surface area contributed by atoms with Crippen LogP contribution in [0.3, 0.4) is 0 Å². The molecule has 0 fully saturated rings. The molecule has 0 radical (unpaired) electrons. The van der Waals surface area contributed by atoms with Crippen LogP contribution >= 0.6 is 11.3 Å². The first kappa shape index (κ1) is 10.7. The van der Waals surface area contributed by atoms with E-state index in [1.165, 1.54) is 0 Å². The minimum absolute atomic E-state index is 0.0123. The van der Waals surface area contributed by atoms with Gasteiger partial charge in [-0.15, -0.1) is 11.3 Å². The summed E-state index contributed by atoms with van der Waals surface area (Å²) in [4.78, 5) is 0. The van der Waals surface area contributed by atoms with Gasteiger partial charge in [0.1, 0.15) is 0 Å². The van der Waals surface area contributed by atoms with E-state index in [0.717, 1.165) is 27.5 Å². The fourth-order valence-corrected chi connectivity index (χ4v) is 3.73. The summed E-state index contributed by atoms with van der Waals surface area (Å²) in [5, 5.41) is 5.17. The predicted octanol–water partition coefficient (Wildman–Crippen LogP) is 3.30. The third-order valence-corrected chi connectivity index (χ3v) is 5.08. The van der Waals surface area contributed by atoms with Crippen LogP contribution in [0.15, 0.2) is 46.0 Å². The fraction of sp³-hybridized carbons (Fsp3) is 0. The summed E-state index contributed by atoms with van der Waals surface area (Å²) in [7, 11) is -4.14. The van der Waals surface area contributed by atoms with Crippen LogP contribution in [0.4, 0.5) is 0 Å². The minimum Gasteiger partial charge on any atom is -0.281 e. The van der Waals surface area contributed by atoms with E-state index < -0.39 is 10.1 Å². The summed E-state index contributed by atoms with van der Waals surface area (Å²) in [5.41, 5.74) is 0. The van der Waals surface area contributed by atoms with Gasteiger partial charge in [-0.3, -0.25) is 4.55 Å². The lowest BCUT2D eigenvalue weighted by molar-refractivity contribution is 0.486. The molecule has 0 saturated carbocycles. The summed E-state index contributed by atoms with van der Waals surface area (Å²) >= 11 is 1.04. The molecule has 0 saturated heterocycles. The highest BCUT2D eigenvalue weighted by Crippen LogP contribution is 2.32. The quantitative estimate of drug-likeness (QED) is 0.686. The molecule has 0 spiro atoms. The molecule has 0 unspecified atom stereocenters. The molecule has 17 heavy (non-hydrogen) atoms. The Hall–Kier alpha value is -1.43. The number of fused-ring (bicyclic) bond motifs is 2. The summed E-state index contributed by atoms with van der Waals surface area (Å²) < 4.78 is 31.6. The van der Waals surface area contributed by atoms with E-state index in [4.69, 9.17) is 4.55 Å². The van der Waals surface area contributed by atoms with Gasteiger partial charge in [-0.05, 0) is 28.3 Å². The molecule has 1 aromatic heterocycles. The van der Waals surface area contributed by atoms with Crippen molar-refractivity contribution in [1.29, 1.82) is 0 Å². The van der Waals surface area contributed by atoms with Crippen molar-refractivity contribution >= 4 is 43.0 Å². The van der Waals surface area contributed by atoms with Crippen LogP contribution in [0.25, 0.3) is 21.5 Å². The maximum absolute atomic E-state index is 11.2. The lowest BCUT2D eigenvalue weighted by Gasteiger charge is -1.99. The molecule has 0 aliphatic carbocycles. The second-order valence-corrected chi connectivity index (χ2v) is 6.28. The third-order valence-electron chi connectivity index (χ3n) is 2.66. The molecule has 2 aromatic carbocycles. The van der Waals surface area contributed by atoms with Gasteiger partial charge in [-0.1, -0.05) is 24.3 Å². The Morgan fingerprint density at radius 1 is 1.00 bits per heavy atom. The van der Waals surface area contributed by atoms with Crippen molar-refractivity contribution in [2.75, 3.05) is 0 Å². The molecule has 0 aliphatic heterocycles. The number of benzene rings is 2. The number of thiophene rings is 1. The molecule has 0 amide bonds. The molecule has 3 rings (SSSR count). The van der Waals surface area contributed by atoms with Crippen molar-refractivity contribution in [2.45, 2.75) is 4.21 Å². The van der Waals surface area contributed by atoms with E-state index in [-0.39, 0.29) is 4.21 Å². The predicted molar refractivity (Wildman–Crippen MR) is 69.1 cm³/mol. The van der Waals surface area contributed by atoms with Gasteiger partial charge >= 0.3 is 10.1 Å². The maximum atomic E-state index is 11.2. The normalized spacial score (nSPS) is 12.3. The van der Waals surface area contributed by atoms with E-state index in [9.17, 15) is 8.42 Å². The molecule has 3 nitrogen and oxygen atoms in total. The van der Waals surface area contributed by atoms with E-state index in [1.54, 1.807) is 11.4 Å². The molecule has 3 aromatic rings. The first-order valence-electron chi connectivity index (χ1n) is 4.93.